The standard InChI is InChI=1S/C26H38ClN3O5.C6H5Cl/c1-3-22(26(33)35-4-2)30-23(19-6-9-21(27)10-7-19)11-8-20(25(30)32)18-24(31)28-12-5-13-29-14-16-34-17-15-29;7-6-4-2-1-3-5-6/h6-7,9-10,20,22-23H,3-5,8,11-18H2,1-2H3,(H,28,31);1-5H/t20?,22?,23-;/m0./s1. The zero-order chi connectivity index (χ0) is 30.3. The first-order valence-corrected chi connectivity index (χ1v) is 15.6. The summed E-state index contributed by atoms with van der Waals surface area (Å²) in [6.45, 7) is 8.74. The number of piperidine rings is 1. The van der Waals surface area contributed by atoms with E-state index in [0.717, 1.165) is 49.9 Å². The summed E-state index contributed by atoms with van der Waals surface area (Å²) in [6.07, 6.45) is 2.67. The van der Waals surface area contributed by atoms with Gasteiger partial charge in [0, 0.05) is 42.0 Å². The third kappa shape index (κ3) is 10.6. The van der Waals surface area contributed by atoms with Crippen LogP contribution in [-0.4, -0.2) is 79.6 Å². The van der Waals surface area contributed by atoms with Crippen molar-refractivity contribution >= 4 is 41.0 Å². The van der Waals surface area contributed by atoms with Crippen LogP contribution >= 0.6 is 23.2 Å². The van der Waals surface area contributed by atoms with E-state index in [4.69, 9.17) is 32.7 Å². The Balaban J connectivity index is 0.000000603. The Labute approximate surface area is 259 Å². The maximum Gasteiger partial charge on any atom is 0.328 e. The highest BCUT2D eigenvalue weighted by Crippen LogP contribution is 2.38. The van der Waals surface area contributed by atoms with Crippen molar-refractivity contribution in [2.24, 2.45) is 5.92 Å². The number of nitrogens with one attached hydrogen (secondary N) is 1. The Hall–Kier alpha value is -2.65. The first-order chi connectivity index (χ1) is 20.3. The van der Waals surface area contributed by atoms with Gasteiger partial charge in [-0.25, -0.2) is 4.79 Å². The highest BCUT2D eigenvalue weighted by molar-refractivity contribution is 6.30. The summed E-state index contributed by atoms with van der Waals surface area (Å²) in [5.41, 5.74) is 0.927. The fourth-order valence-electron chi connectivity index (χ4n) is 5.34. The summed E-state index contributed by atoms with van der Waals surface area (Å²) in [4.78, 5) is 43.0. The molecule has 0 radical (unpaired) electrons. The molecule has 2 amide bonds. The van der Waals surface area contributed by atoms with E-state index < -0.39 is 17.9 Å². The Morgan fingerprint density at radius 2 is 1.67 bits per heavy atom. The number of nitrogens with zero attached hydrogens (tertiary/aromatic N) is 2. The van der Waals surface area contributed by atoms with Crippen LogP contribution in [0, 0.1) is 5.92 Å². The molecular weight excluding hydrogens is 577 g/mol. The molecule has 1 N–H and O–H groups in total. The van der Waals surface area contributed by atoms with Crippen molar-refractivity contribution in [3.63, 3.8) is 0 Å². The van der Waals surface area contributed by atoms with E-state index in [0.29, 0.717) is 30.8 Å². The van der Waals surface area contributed by atoms with Crippen molar-refractivity contribution in [3.8, 4) is 0 Å². The second kappa shape index (κ2) is 18.1. The van der Waals surface area contributed by atoms with Crippen molar-refractivity contribution in [1.82, 2.24) is 15.1 Å². The fraction of sp³-hybridized carbons (Fsp3) is 0.531. The third-order valence-corrected chi connectivity index (χ3v) is 8.01. The Bertz CT molecular complexity index is 1110. The molecule has 8 nitrogen and oxygen atoms in total. The average Bonchev–Trinajstić information content (AvgIpc) is 2.99. The average molecular weight is 621 g/mol. The molecule has 2 unspecified atom stereocenters. The first-order valence-electron chi connectivity index (χ1n) is 14.9. The minimum Gasteiger partial charge on any atom is -0.464 e. The molecule has 2 aromatic carbocycles. The summed E-state index contributed by atoms with van der Waals surface area (Å²) in [5, 5.41) is 4.37. The molecule has 0 aromatic heterocycles. The number of benzene rings is 2. The Morgan fingerprint density at radius 3 is 2.26 bits per heavy atom. The largest absolute Gasteiger partial charge is 0.464 e. The Morgan fingerprint density at radius 1 is 1.00 bits per heavy atom. The molecule has 10 heteroatoms. The van der Waals surface area contributed by atoms with Gasteiger partial charge in [0.05, 0.1) is 25.9 Å². The molecule has 0 aliphatic carbocycles. The van der Waals surface area contributed by atoms with Gasteiger partial charge < -0.3 is 19.7 Å². The van der Waals surface area contributed by atoms with E-state index in [2.05, 4.69) is 10.2 Å². The van der Waals surface area contributed by atoms with Gasteiger partial charge in [0.25, 0.3) is 0 Å². The monoisotopic (exact) mass is 619 g/mol. The van der Waals surface area contributed by atoms with Gasteiger partial charge in [0.2, 0.25) is 11.8 Å². The number of rotatable bonds is 11. The quantitative estimate of drug-likeness (QED) is 0.263. The van der Waals surface area contributed by atoms with E-state index in [-0.39, 0.29) is 30.9 Å². The van der Waals surface area contributed by atoms with E-state index in [1.807, 2.05) is 49.4 Å². The molecule has 42 heavy (non-hydrogen) atoms. The van der Waals surface area contributed by atoms with Crippen molar-refractivity contribution < 1.29 is 23.9 Å². The highest BCUT2D eigenvalue weighted by atomic mass is 35.5. The lowest BCUT2D eigenvalue weighted by atomic mass is 9.85. The van der Waals surface area contributed by atoms with Gasteiger partial charge in [0.15, 0.2) is 0 Å². The third-order valence-electron chi connectivity index (χ3n) is 7.51. The van der Waals surface area contributed by atoms with Crippen LogP contribution in [0.15, 0.2) is 54.6 Å². The van der Waals surface area contributed by atoms with E-state index in [1.165, 1.54) is 0 Å². The van der Waals surface area contributed by atoms with Crippen LogP contribution in [0.5, 0.6) is 0 Å². The summed E-state index contributed by atoms with van der Waals surface area (Å²) < 4.78 is 10.6. The van der Waals surface area contributed by atoms with Crippen molar-refractivity contribution in [2.75, 3.05) is 46.0 Å². The fourth-order valence-corrected chi connectivity index (χ4v) is 5.61. The molecule has 2 heterocycles. The minimum atomic E-state index is -0.692. The van der Waals surface area contributed by atoms with Crippen molar-refractivity contribution in [1.29, 1.82) is 0 Å². The van der Waals surface area contributed by atoms with E-state index in [9.17, 15) is 14.4 Å². The van der Waals surface area contributed by atoms with Gasteiger partial charge in [-0.2, -0.15) is 0 Å². The van der Waals surface area contributed by atoms with Gasteiger partial charge in [-0.15, -0.1) is 0 Å². The highest BCUT2D eigenvalue weighted by Gasteiger charge is 2.42. The molecule has 2 fully saturated rings. The van der Waals surface area contributed by atoms with Gasteiger partial charge in [0.1, 0.15) is 6.04 Å². The molecule has 2 aliphatic heterocycles. The summed E-state index contributed by atoms with van der Waals surface area (Å²) in [7, 11) is 0. The van der Waals surface area contributed by atoms with Crippen LogP contribution < -0.4 is 5.32 Å². The number of esters is 1. The SMILES string of the molecule is CCOC(=O)C(CC)N1C(=O)C(CC(=O)NCCCN2CCOCC2)CC[C@H]1c1ccc(Cl)cc1.Clc1ccccc1. The number of halogens is 2. The van der Waals surface area contributed by atoms with Crippen molar-refractivity contribution in [2.45, 2.75) is 58.0 Å². The molecule has 0 saturated carbocycles. The van der Waals surface area contributed by atoms with Gasteiger partial charge in [-0.3, -0.25) is 14.5 Å². The summed E-state index contributed by atoms with van der Waals surface area (Å²) in [6, 6.07) is 15.9. The van der Waals surface area contributed by atoms with Crippen molar-refractivity contribution in [3.05, 3.63) is 70.2 Å². The maximum atomic E-state index is 13.7. The molecule has 4 rings (SSSR count). The van der Waals surface area contributed by atoms with Crippen LogP contribution in [0.25, 0.3) is 0 Å². The van der Waals surface area contributed by atoms with Gasteiger partial charge >= 0.3 is 5.97 Å². The number of ether oxygens (including phenoxy) is 2. The zero-order valence-electron chi connectivity index (χ0n) is 24.6. The van der Waals surface area contributed by atoms with Crippen LogP contribution in [0.2, 0.25) is 10.0 Å². The lowest BCUT2D eigenvalue weighted by molar-refractivity contribution is -0.162. The van der Waals surface area contributed by atoms with Crippen LogP contribution in [0.1, 0.15) is 57.6 Å². The van der Waals surface area contributed by atoms with E-state index in [1.54, 1.807) is 24.0 Å². The number of hydrogen-bond donors (Lipinski definition) is 1. The smallest absolute Gasteiger partial charge is 0.328 e. The second-order valence-electron chi connectivity index (χ2n) is 10.4. The lowest BCUT2D eigenvalue weighted by Crippen LogP contribution is -2.52. The summed E-state index contributed by atoms with van der Waals surface area (Å²) in [5.74, 6) is -1.16. The minimum absolute atomic E-state index is 0.124. The molecule has 2 aromatic rings. The number of amides is 2. The number of hydrogen-bond acceptors (Lipinski definition) is 6. The Kier molecular flexibility index (Phi) is 14.6. The number of likely N-dealkylation sites (tertiary alicyclic amines) is 1. The van der Waals surface area contributed by atoms with Gasteiger partial charge in [-0.1, -0.05) is 60.5 Å². The molecule has 230 valence electrons. The molecular formula is C32H43Cl2N3O5. The molecule has 2 saturated heterocycles. The predicted molar refractivity (Wildman–Crippen MR) is 165 cm³/mol. The van der Waals surface area contributed by atoms with E-state index >= 15 is 0 Å². The van der Waals surface area contributed by atoms with Crippen LogP contribution in [0.3, 0.4) is 0 Å². The van der Waals surface area contributed by atoms with Gasteiger partial charge in [-0.05, 0) is 69.0 Å². The van der Waals surface area contributed by atoms with Crippen LogP contribution in [0.4, 0.5) is 0 Å². The summed E-state index contributed by atoms with van der Waals surface area (Å²) >= 11 is 11.6. The molecule has 2 aliphatic rings. The zero-order valence-corrected chi connectivity index (χ0v) is 26.1. The lowest BCUT2D eigenvalue weighted by Gasteiger charge is -2.43. The molecule has 0 bridgehead atoms. The topological polar surface area (TPSA) is 88.2 Å². The second-order valence-corrected chi connectivity index (χ2v) is 11.3. The number of carbonyl (C=O) groups is 3. The number of morpholine rings is 1. The maximum absolute atomic E-state index is 13.7. The molecule has 3 atom stereocenters. The molecule has 0 spiro atoms. The van der Waals surface area contributed by atoms with Crippen LogP contribution in [-0.2, 0) is 23.9 Å². The normalized spacial score (nSPS) is 19.8. The number of carbonyl (C=O) groups excluding carboxylic acids is 3. The first kappa shape index (κ1) is 33.8. The predicted octanol–water partition coefficient (Wildman–Crippen LogP) is 5.53.